The lowest BCUT2D eigenvalue weighted by atomic mass is 10.1. The summed E-state index contributed by atoms with van der Waals surface area (Å²) in [4.78, 5) is 19.2. The van der Waals surface area contributed by atoms with Gasteiger partial charge in [0.1, 0.15) is 18.1 Å². The number of benzene rings is 2. The largest absolute Gasteiger partial charge is 0.490 e. The molecule has 0 radical (unpaired) electrons. The molecule has 1 aliphatic heterocycles. The number of anilines is 1. The van der Waals surface area contributed by atoms with Crippen molar-refractivity contribution in [3.05, 3.63) is 78.4 Å². The first-order valence-electron chi connectivity index (χ1n) is 8.36. The van der Waals surface area contributed by atoms with Crippen molar-refractivity contribution < 1.29 is 9.53 Å². The van der Waals surface area contributed by atoms with E-state index in [0.717, 1.165) is 17.0 Å². The van der Waals surface area contributed by atoms with Crippen LogP contribution in [0.25, 0.3) is 0 Å². The van der Waals surface area contributed by atoms with Crippen molar-refractivity contribution >= 4 is 11.6 Å². The molecule has 1 atom stereocenters. The number of carbonyl (C=O) groups excluding carboxylic acids is 1. The lowest BCUT2D eigenvalue weighted by molar-refractivity contribution is 0.0966. The van der Waals surface area contributed by atoms with Gasteiger partial charge in [-0.25, -0.2) is 4.98 Å². The molecule has 0 saturated heterocycles. The fraction of sp³-hybridized carbons (Fsp3) is 0.200. The van der Waals surface area contributed by atoms with E-state index in [1.54, 1.807) is 17.4 Å². The van der Waals surface area contributed by atoms with Gasteiger partial charge in [-0.2, -0.15) is 0 Å². The van der Waals surface area contributed by atoms with Crippen LogP contribution in [0.1, 0.15) is 29.0 Å². The first-order valence-corrected chi connectivity index (χ1v) is 8.36. The van der Waals surface area contributed by atoms with Crippen LogP contribution >= 0.6 is 0 Å². The van der Waals surface area contributed by atoms with Crippen LogP contribution in [0.2, 0.25) is 0 Å². The number of carbonyl (C=O) groups is 1. The third-order valence-corrected chi connectivity index (χ3v) is 4.56. The van der Waals surface area contributed by atoms with Crippen molar-refractivity contribution in [2.75, 3.05) is 18.1 Å². The zero-order valence-corrected chi connectivity index (χ0v) is 14.0. The van der Waals surface area contributed by atoms with Crippen molar-refractivity contribution in [2.24, 2.45) is 0 Å². The molecule has 0 N–H and O–H groups in total. The molecule has 0 fully saturated rings. The van der Waals surface area contributed by atoms with Gasteiger partial charge >= 0.3 is 0 Å². The van der Waals surface area contributed by atoms with Crippen molar-refractivity contribution in [1.29, 1.82) is 0 Å². The molecular weight excluding hydrogens is 314 g/mol. The number of amides is 1. The zero-order valence-electron chi connectivity index (χ0n) is 14.0. The maximum Gasteiger partial charge on any atom is 0.276 e. The number of nitrogens with zero attached hydrogens (tertiary/aromatic N) is 3. The molecule has 2 aromatic carbocycles. The second-order valence-electron chi connectivity index (χ2n) is 6.05. The lowest BCUT2D eigenvalue weighted by Gasteiger charge is -2.30. The van der Waals surface area contributed by atoms with Crippen molar-refractivity contribution in [3.63, 3.8) is 0 Å². The van der Waals surface area contributed by atoms with Gasteiger partial charge in [-0.05, 0) is 24.6 Å². The van der Waals surface area contributed by atoms with Gasteiger partial charge in [-0.3, -0.25) is 4.79 Å². The summed E-state index contributed by atoms with van der Waals surface area (Å²) in [6.07, 6.45) is 3.36. The molecule has 0 bridgehead atoms. The lowest BCUT2D eigenvalue weighted by Crippen LogP contribution is -2.39. The number of rotatable bonds is 3. The molecule has 5 nitrogen and oxygen atoms in total. The van der Waals surface area contributed by atoms with E-state index in [9.17, 15) is 4.79 Å². The Bertz CT molecular complexity index is 889. The van der Waals surface area contributed by atoms with Crippen LogP contribution in [0, 0.1) is 0 Å². The van der Waals surface area contributed by atoms with Gasteiger partial charge in [0, 0.05) is 0 Å². The predicted molar refractivity (Wildman–Crippen MR) is 96.1 cm³/mol. The van der Waals surface area contributed by atoms with Crippen molar-refractivity contribution in [3.8, 4) is 5.75 Å². The van der Waals surface area contributed by atoms with Crippen molar-refractivity contribution in [2.45, 2.75) is 13.0 Å². The highest BCUT2D eigenvalue weighted by molar-refractivity contribution is 6.06. The van der Waals surface area contributed by atoms with E-state index in [-0.39, 0.29) is 11.9 Å². The van der Waals surface area contributed by atoms with Crippen LogP contribution < -0.4 is 9.64 Å². The number of imidazole rings is 1. The minimum atomic E-state index is -0.0592. The third kappa shape index (κ3) is 2.78. The molecule has 5 heteroatoms. The zero-order chi connectivity index (χ0) is 17.2. The number of aromatic nitrogens is 2. The van der Waals surface area contributed by atoms with E-state index < -0.39 is 0 Å². The van der Waals surface area contributed by atoms with Gasteiger partial charge in [-0.1, -0.05) is 42.5 Å². The summed E-state index contributed by atoms with van der Waals surface area (Å²) in [6, 6.07) is 17.8. The molecule has 1 aliphatic rings. The van der Waals surface area contributed by atoms with Gasteiger partial charge in [0.05, 0.1) is 30.8 Å². The Hall–Kier alpha value is -3.08. The van der Waals surface area contributed by atoms with Crippen LogP contribution in [0.4, 0.5) is 5.69 Å². The molecule has 0 unspecified atom stereocenters. The first kappa shape index (κ1) is 15.4. The Balaban J connectivity index is 1.68. The summed E-state index contributed by atoms with van der Waals surface area (Å²) in [5, 5.41) is 0. The fourth-order valence-electron chi connectivity index (χ4n) is 3.19. The second-order valence-corrected chi connectivity index (χ2v) is 6.05. The quantitative estimate of drug-likeness (QED) is 0.737. The highest BCUT2D eigenvalue weighted by atomic mass is 16.5. The van der Waals surface area contributed by atoms with Crippen LogP contribution in [0.5, 0.6) is 5.75 Å². The maximum absolute atomic E-state index is 13.2. The standard InChI is InChI=1S/C20H19N3O2/c1-15(16-7-3-2-4-8-16)23-14-21-13-18(23)20(24)22-11-12-25-19-10-6-5-9-17(19)22/h2-10,13-15H,11-12H2,1H3/t15-/m1/s1. The minimum Gasteiger partial charge on any atom is -0.490 e. The first-order chi connectivity index (χ1) is 12.3. The van der Waals surface area contributed by atoms with E-state index in [1.165, 1.54) is 0 Å². The minimum absolute atomic E-state index is 0.0268. The van der Waals surface area contributed by atoms with E-state index in [0.29, 0.717) is 18.8 Å². The highest BCUT2D eigenvalue weighted by Gasteiger charge is 2.27. The van der Waals surface area contributed by atoms with E-state index in [1.807, 2.05) is 47.0 Å². The summed E-state index contributed by atoms with van der Waals surface area (Å²) in [5.41, 5.74) is 2.52. The molecule has 0 saturated carbocycles. The average molecular weight is 333 g/mol. The SMILES string of the molecule is C[C@H](c1ccccc1)n1cncc1C(=O)N1CCOc2ccccc21. The number of hydrogen-bond donors (Lipinski definition) is 0. The Morgan fingerprint density at radius 3 is 2.72 bits per heavy atom. The van der Waals surface area contributed by atoms with Crippen LogP contribution in [-0.2, 0) is 0 Å². The molecule has 2 heterocycles. The van der Waals surface area contributed by atoms with Crippen LogP contribution in [-0.4, -0.2) is 28.6 Å². The number of para-hydroxylation sites is 2. The Labute approximate surface area is 146 Å². The Morgan fingerprint density at radius 2 is 1.88 bits per heavy atom. The van der Waals surface area contributed by atoms with Gasteiger partial charge in [0.25, 0.3) is 5.91 Å². The molecular formula is C20H19N3O2. The van der Waals surface area contributed by atoms with Gasteiger partial charge in [0.2, 0.25) is 0 Å². The number of ether oxygens (including phenoxy) is 1. The monoisotopic (exact) mass is 333 g/mol. The smallest absolute Gasteiger partial charge is 0.276 e. The van der Waals surface area contributed by atoms with Gasteiger partial charge in [0.15, 0.2) is 0 Å². The Morgan fingerprint density at radius 1 is 1.12 bits per heavy atom. The van der Waals surface area contributed by atoms with E-state index >= 15 is 0 Å². The summed E-state index contributed by atoms with van der Waals surface area (Å²) in [5.74, 6) is 0.681. The topological polar surface area (TPSA) is 47.4 Å². The predicted octanol–water partition coefficient (Wildman–Crippen LogP) is 3.53. The molecule has 0 aliphatic carbocycles. The molecule has 1 amide bonds. The summed E-state index contributed by atoms with van der Waals surface area (Å²) in [7, 11) is 0. The van der Waals surface area contributed by atoms with E-state index in [4.69, 9.17) is 4.74 Å². The molecule has 1 aromatic heterocycles. The third-order valence-electron chi connectivity index (χ3n) is 4.56. The summed E-state index contributed by atoms with van der Waals surface area (Å²) in [6.45, 7) is 3.09. The average Bonchev–Trinajstić information content (AvgIpc) is 3.17. The van der Waals surface area contributed by atoms with Crippen LogP contribution in [0.3, 0.4) is 0 Å². The summed E-state index contributed by atoms with van der Waals surface area (Å²) >= 11 is 0. The van der Waals surface area contributed by atoms with Crippen LogP contribution in [0.15, 0.2) is 67.1 Å². The highest BCUT2D eigenvalue weighted by Crippen LogP contribution is 2.32. The molecule has 25 heavy (non-hydrogen) atoms. The number of hydrogen-bond acceptors (Lipinski definition) is 3. The van der Waals surface area contributed by atoms with Crippen molar-refractivity contribution in [1.82, 2.24) is 9.55 Å². The van der Waals surface area contributed by atoms with Gasteiger partial charge in [-0.15, -0.1) is 0 Å². The maximum atomic E-state index is 13.2. The molecule has 4 rings (SSSR count). The van der Waals surface area contributed by atoms with E-state index in [2.05, 4.69) is 24.0 Å². The second kappa shape index (κ2) is 6.43. The molecule has 0 spiro atoms. The molecule has 126 valence electrons. The Kier molecular flexibility index (Phi) is 3.98. The summed E-state index contributed by atoms with van der Waals surface area (Å²) < 4.78 is 7.58. The number of fused-ring (bicyclic) bond motifs is 1. The fourth-order valence-corrected chi connectivity index (χ4v) is 3.19. The normalized spacial score (nSPS) is 14.5. The molecule has 3 aromatic rings. The van der Waals surface area contributed by atoms with Gasteiger partial charge < -0.3 is 14.2 Å².